The van der Waals surface area contributed by atoms with Gasteiger partial charge in [-0.15, -0.1) is 0 Å². The summed E-state index contributed by atoms with van der Waals surface area (Å²) >= 11 is 0. The Morgan fingerprint density at radius 2 is 1.92 bits per heavy atom. The lowest BCUT2D eigenvalue weighted by atomic mass is 9.54. The zero-order valence-corrected chi connectivity index (χ0v) is 15.9. The average molecular weight is 364 g/mol. The number of carboxylic acid groups (broad SMARTS) is 2. The lowest BCUT2D eigenvalue weighted by Crippen LogP contribution is -2.48. The van der Waals surface area contributed by atoms with E-state index in [-0.39, 0.29) is 36.2 Å². The number of hydrogen-bond donors (Lipinski definition) is 2. The SMILES string of the molecule is C=C1C[C@@H]2OC(=O)[C@@H](C)[C@H]2[C@](C)(CC(=O)O)[C@H]1CC/C(C)=C(\C)C(=O)O. The van der Waals surface area contributed by atoms with Gasteiger partial charge in [0.1, 0.15) is 6.10 Å². The maximum Gasteiger partial charge on any atom is 0.331 e. The van der Waals surface area contributed by atoms with Gasteiger partial charge in [0.05, 0.1) is 12.3 Å². The molecule has 0 amide bonds. The van der Waals surface area contributed by atoms with Crippen LogP contribution in [0.4, 0.5) is 0 Å². The van der Waals surface area contributed by atoms with Crippen LogP contribution in [0.15, 0.2) is 23.3 Å². The zero-order chi connectivity index (χ0) is 19.8. The zero-order valence-electron chi connectivity index (χ0n) is 15.9. The molecule has 0 aromatic rings. The molecule has 5 atom stereocenters. The second-order valence-corrected chi connectivity index (χ2v) is 8.03. The van der Waals surface area contributed by atoms with Gasteiger partial charge in [-0.1, -0.05) is 31.6 Å². The highest BCUT2D eigenvalue weighted by atomic mass is 16.6. The standard InChI is InChI=1S/C20H28O6/c1-10(12(3)18(23)24)6-7-14-11(2)8-15-17(13(4)19(25)26-15)20(14,5)9-16(21)22/h13-15,17H,2,6-9H2,1,3-5H3,(H,21,22)(H,23,24)/b12-10+/t13-,14-,15-,17+,20+/m0/s1. The number of carboxylic acids is 2. The van der Waals surface area contributed by atoms with Crippen LogP contribution in [-0.2, 0) is 19.1 Å². The Kier molecular flexibility index (Phi) is 5.64. The van der Waals surface area contributed by atoms with Gasteiger partial charge in [-0.2, -0.15) is 0 Å². The number of esters is 1. The normalized spacial score (nSPS) is 34.8. The van der Waals surface area contributed by atoms with Gasteiger partial charge >= 0.3 is 17.9 Å². The lowest BCUT2D eigenvalue weighted by Gasteiger charge is -2.49. The van der Waals surface area contributed by atoms with E-state index >= 15 is 0 Å². The van der Waals surface area contributed by atoms with E-state index in [0.717, 1.165) is 11.1 Å². The van der Waals surface area contributed by atoms with Crippen molar-refractivity contribution < 1.29 is 29.3 Å². The minimum absolute atomic E-state index is 0.0699. The molecule has 0 bridgehead atoms. The second kappa shape index (κ2) is 7.25. The molecule has 2 N–H and O–H groups in total. The molecular weight excluding hydrogens is 336 g/mol. The molecule has 2 aliphatic rings. The number of hydrogen-bond acceptors (Lipinski definition) is 4. The van der Waals surface area contributed by atoms with Crippen LogP contribution in [0.3, 0.4) is 0 Å². The van der Waals surface area contributed by atoms with Gasteiger partial charge in [0, 0.05) is 17.9 Å². The fourth-order valence-corrected chi connectivity index (χ4v) is 4.89. The first-order valence-corrected chi connectivity index (χ1v) is 8.98. The number of carbonyl (C=O) groups is 3. The van der Waals surface area contributed by atoms with E-state index in [2.05, 4.69) is 6.58 Å². The van der Waals surface area contributed by atoms with Crippen molar-refractivity contribution in [2.75, 3.05) is 0 Å². The highest BCUT2D eigenvalue weighted by molar-refractivity contribution is 5.86. The summed E-state index contributed by atoms with van der Waals surface area (Å²) in [4.78, 5) is 34.8. The van der Waals surface area contributed by atoms with Crippen LogP contribution in [-0.4, -0.2) is 34.2 Å². The van der Waals surface area contributed by atoms with Crippen molar-refractivity contribution in [1.82, 2.24) is 0 Å². The maximum absolute atomic E-state index is 12.1. The Morgan fingerprint density at radius 1 is 1.31 bits per heavy atom. The molecule has 144 valence electrons. The fourth-order valence-electron chi connectivity index (χ4n) is 4.89. The molecule has 1 heterocycles. The van der Waals surface area contributed by atoms with Crippen LogP contribution in [0.5, 0.6) is 0 Å². The topological polar surface area (TPSA) is 101 Å². The van der Waals surface area contributed by atoms with Gasteiger partial charge in [0.25, 0.3) is 0 Å². The number of ether oxygens (including phenoxy) is 1. The molecule has 1 saturated heterocycles. The Balaban J connectivity index is 2.34. The molecule has 1 aliphatic carbocycles. The molecule has 0 aromatic carbocycles. The predicted molar refractivity (Wildman–Crippen MR) is 95.4 cm³/mol. The van der Waals surface area contributed by atoms with Gasteiger partial charge in [0.2, 0.25) is 0 Å². The van der Waals surface area contributed by atoms with E-state index in [1.165, 1.54) is 0 Å². The molecule has 0 aromatic heterocycles. The summed E-state index contributed by atoms with van der Waals surface area (Å²) < 4.78 is 5.49. The van der Waals surface area contributed by atoms with Crippen molar-refractivity contribution in [3.05, 3.63) is 23.3 Å². The second-order valence-electron chi connectivity index (χ2n) is 8.03. The van der Waals surface area contributed by atoms with Crippen LogP contribution >= 0.6 is 0 Å². The highest BCUT2D eigenvalue weighted by Gasteiger charge is 2.58. The molecule has 1 saturated carbocycles. The van der Waals surface area contributed by atoms with Gasteiger partial charge in [0.15, 0.2) is 0 Å². The first-order chi connectivity index (χ1) is 12.0. The smallest absolute Gasteiger partial charge is 0.331 e. The van der Waals surface area contributed by atoms with E-state index < -0.39 is 17.4 Å². The predicted octanol–water partition coefficient (Wildman–Crippen LogP) is 3.42. The van der Waals surface area contributed by atoms with Crippen molar-refractivity contribution in [3.8, 4) is 0 Å². The van der Waals surface area contributed by atoms with E-state index in [9.17, 15) is 19.5 Å². The summed E-state index contributed by atoms with van der Waals surface area (Å²) in [6.45, 7) is 11.2. The van der Waals surface area contributed by atoms with Crippen LogP contribution in [0.25, 0.3) is 0 Å². The van der Waals surface area contributed by atoms with Crippen molar-refractivity contribution >= 4 is 17.9 Å². The monoisotopic (exact) mass is 364 g/mol. The molecule has 2 rings (SSSR count). The van der Waals surface area contributed by atoms with Crippen molar-refractivity contribution in [3.63, 3.8) is 0 Å². The summed E-state index contributed by atoms with van der Waals surface area (Å²) in [5.74, 6) is -2.76. The molecule has 6 nitrogen and oxygen atoms in total. The summed E-state index contributed by atoms with van der Waals surface area (Å²) in [6.07, 6.45) is 1.32. The molecule has 6 heteroatoms. The third kappa shape index (κ3) is 3.55. The molecule has 26 heavy (non-hydrogen) atoms. The Labute approximate surface area is 153 Å². The van der Waals surface area contributed by atoms with Crippen molar-refractivity contribution in [2.24, 2.45) is 23.2 Å². The van der Waals surface area contributed by atoms with Gasteiger partial charge in [-0.25, -0.2) is 4.79 Å². The molecule has 0 unspecified atom stereocenters. The number of fused-ring (bicyclic) bond motifs is 1. The van der Waals surface area contributed by atoms with Gasteiger partial charge in [-0.05, 0) is 38.0 Å². The summed E-state index contributed by atoms with van der Waals surface area (Å²) in [6, 6.07) is 0. The number of allylic oxidation sites excluding steroid dienone is 1. The van der Waals surface area contributed by atoms with Crippen LogP contribution in [0, 0.1) is 23.2 Å². The van der Waals surface area contributed by atoms with Crippen molar-refractivity contribution in [2.45, 2.75) is 59.5 Å². The Bertz CT molecular complexity index is 676. The quantitative estimate of drug-likeness (QED) is 0.425. The number of aliphatic carboxylic acids is 2. The average Bonchev–Trinajstić information content (AvgIpc) is 2.79. The summed E-state index contributed by atoms with van der Waals surface area (Å²) in [5, 5.41) is 18.6. The fraction of sp³-hybridized carbons (Fsp3) is 0.650. The van der Waals surface area contributed by atoms with Crippen molar-refractivity contribution in [1.29, 1.82) is 0 Å². The van der Waals surface area contributed by atoms with E-state index in [1.807, 2.05) is 6.92 Å². The number of rotatable bonds is 6. The first kappa shape index (κ1) is 20.2. The minimum atomic E-state index is -0.943. The molecular formula is C20H28O6. The van der Waals surface area contributed by atoms with Gasteiger partial charge < -0.3 is 14.9 Å². The van der Waals surface area contributed by atoms with Crippen LogP contribution in [0.1, 0.15) is 53.4 Å². The van der Waals surface area contributed by atoms with E-state index in [0.29, 0.717) is 24.8 Å². The molecule has 1 aliphatic heterocycles. The van der Waals surface area contributed by atoms with Crippen LogP contribution < -0.4 is 0 Å². The van der Waals surface area contributed by atoms with E-state index in [4.69, 9.17) is 9.84 Å². The number of carbonyl (C=O) groups excluding carboxylic acids is 1. The van der Waals surface area contributed by atoms with Gasteiger partial charge in [-0.3, -0.25) is 9.59 Å². The largest absolute Gasteiger partial charge is 0.481 e. The highest BCUT2D eigenvalue weighted by Crippen LogP contribution is 2.57. The molecule has 0 radical (unpaired) electrons. The Morgan fingerprint density at radius 3 is 2.46 bits per heavy atom. The van der Waals surface area contributed by atoms with E-state index in [1.54, 1.807) is 20.8 Å². The van der Waals surface area contributed by atoms with Crippen LogP contribution in [0.2, 0.25) is 0 Å². The maximum atomic E-state index is 12.1. The molecule has 0 spiro atoms. The minimum Gasteiger partial charge on any atom is -0.481 e. The Hall–Kier alpha value is -2.11. The third-order valence-electron chi connectivity index (χ3n) is 6.39. The lowest BCUT2D eigenvalue weighted by molar-refractivity contribution is -0.144. The molecule has 2 fully saturated rings. The third-order valence-corrected chi connectivity index (χ3v) is 6.39. The summed E-state index contributed by atoms with van der Waals surface area (Å²) in [5.41, 5.74) is 1.32. The first-order valence-electron chi connectivity index (χ1n) is 8.98. The summed E-state index contributed by atoms with van der Waals surface area (Å²) in [7, 11) is 0.